The number of carbonyl (C=O) groups is 1. The third-order valence-electron chi connectivity index (χ3n) is 3.32. The number of hydrogen-bond donors (Lipinski definition) is 1. The lowest BCUT2D eigenvalue weighted by atomic mass is 9.76. The highest BCUT2D eigenvalue weighted by atomic mass is 16.5. The molecule has 1 rings (SSSR count). The molecule has 0 aromatic rings. The van der Waals surface area contributed by atoms with Crippen LogP contribution in [-0.4, -0.2) is 18.6 Å². The maximum Gasteiger partial charge on any atom is 0.310 e. The van der Waals surface area contributed by atoms with Crippen molar-refractivity contribution in [1.29, 1.82) is 0 Å². The smallest absolute Gasteiger partial charge is 0.310 e. The molecule has 3 nitrogen and oxygen atoms in total. The van der Waals surface area contributed by atoms with Crippen molar-refractivity contribution in [3.63, 3.8) is 0 Å². The summed E-state index contributed by atoms with van der Waals surface area (Å²) in [4.78, 5) is 11.5. The number of carbonyl (C=O) groups excluding carboxylic acids is 1. The molecule has 0 bridgehead atoms. The van der Waals surface area contributed by atoms with Crippen LogP contribution in [0.4, 0.5) is 0 Å². The minimum Gasteiger partial charge on any atom is -0.462 e. The molecule has 0 amide bonds. The van der Waals surface area contributed by atoms with Crippen LogP contribution in [0.2, 0.25) is 0 Å². The van der Waals surface area contributed by atoms with Crippen molar-refractivity contribution in [2.75, 3.05) is 6.54 Å². The normalized spacial score (nSPS) is 23.5. The monoisotopic (exact) mass is 213 g/mol. The van der Waals surface area contributed by atoms with Gasteiger partial charge in [-0.1, -0.05) is 20.8 Å². The van der Waals surface area contributed by atoms with Gasteiger partial charge in [-0.25, -0.2) is 0 Å². The Labute approximate surface area is 92.4 Å². The Balaban J connectivity index is 2.33. The number of ether oxygens (including phenoxy) is 1. The Morgan fingerprint density at radius 3 is 2.47 bits per heavy atom. The fourth-order valence-electron chi connectivity index (χ4n) is 1.87. The van der Waals surface area contributed by atoms with Crippen molar-refractivity contribution in [2.45, 2.75) is 52.6 Å². The minimum atomic E-state index is -0.167. The van der Waals surface area contributed by atoms with Gasteiger partial charge in [0.25, 0.3) is 0 Å². The SMILES string of the molecule is CC(CN)C(=O)OC1CCC(C)(C)CC1. The summed E-state index contributed by atoms with van der Waals surface area (Å²) in [6.45, 7) is 6.73. The second kappa shape index (κ2) is 4.97. The molecule has 0 aromatic heterocycles. The van der Waals surface area contributed by atoms with Crippen molar-refractivity contribution in [3.05, 3.63) is 0 Å². The first-order valence-electron chi connectivity index (χ1n) is 5.85. The second-order valence-corrected chi connectivity index (χ2v) is 5.44. The van der Waals surface area contributed by atoms with Gasteiger partial charge in [0.15, 0.2) is 0 Å². The fraction of sp³-hybridized carbons (Fsp3) is 0.917. The van der Waals surface area contributed by atoms with Crippen molar-refractivity contribution in [1.82, 2.24) is 0 Å². The molecule has 0 heterocycles. The van der Waals surface area contributed by atoms with Gasteiger partial charge in [-0.15, -0.1) is 0 Å². The molecule has 0 spiro atoms. The van der Waals surface area contributed by atoms with Crippen LogP contribution in [0.5, 0.6) is 0 Å². The summed E-state index contributed by atoms with van der Waals surface area (Å²) in [5, 5.41) is 0. The van der Waals surface area contributed by atoms with Crippen molar-refractivity contribution in [3.8, 4) is 0 Å². The Morgan fingerprint density at radius 1 is 1.47 bits per heavy atom. The van der Waals surface area contributed by atoms with Crippen LogP contribution in [0.15, 0.2) is 0 Å². The quantitative estimate of drug-likeness (QED) is 0.730. The summed E-state index contributed by atoms with van der Waals surface area (Å²) in [5.74, 6) is -0.304. The first kappa shape index (κ1) is 12.5. The van der Waals surface area contributed by atoms with Gasteiger partial charge in [-0.3, -0.25) is 4.79 Å². The van der Waals surface area contributed by atoms with Gasteiger partial charge in [-0.2, -0.15) is 0 Å². The number of esters is 1. The van der Waals surface area contributed by atoms with Crippen molar-refractivity contribution < 1.29 is 9.53 Å². The maximum atomic E-state index is 11.5. The summed E-state index contributed by atoms with van der Waals surface area (Å²) in [5.41, 5.74) is 5.84. The lowest BCUT2D eigenvalue weighted by Gasteiger charge is -2.34. The zero-order valence-corrected chi connectivity index (χ0v) is 10.1. The van der Waals surface area contributed by atoms with Gasteiger partial charge in [-0.05, 0) is 31.1 Å². The molecular formula is C12H23NO2. The van der Waals surface area contributed by atoms with Gasteiger partial charge >= 0.3 is 5.97 Å². The first-order valence-corrected chi connectivity index (χ1v) is 5.85. The largest absolute Gasteiger partial charge is 0.462 e. The third-order valence-corrected chi connectivity index (χ3v) is 3.32. The minimum absolute atomic E-state index is 0.125. The van der Waals surface area contributed by atoms with E-state index in [1.807, 2.05) is 6.92 Å². The molecule has 2 N–H and O–H groups in total. The second-order valence-electron chi connectivity index (χ2n) is 5.44. The first-order chi connectivity index (χ1) is 6.94. The fourth-order valence-corrected chi connectivity index (χ4v) is 1.87. The summed E-state index contributed by atoms with van der Waals surface area (Å²) >= 11 is 0. The lowest BCUT2D eigenvalue weighted by molar-refractivity contribution is -0.155. The van der Waals surface area contributed by atoms with Crippen LogP contribution in [0.3, 0.4) is 0 Å². The molecule has 1 aliphatic carbocycles. The molecule has 3 heteroatoms. The van der Waals surface area contributed by atoms with E-state index in [0.717, 1.165) is 25.7 Å². The molecular weight excluding hydrogens is 190 g/mol. The van der Waals surface area contributed by atoms with E-state index >= 15 is 0 Å². The summed E-state index contributed by atoms with van der Waals surface area (Å²) < 4.78 is 5.42. The van der Waals surface area contributed by atoms with Crippen molar-refractivity contribution in [2.24, 2.45) is 17.1 Å². The summed E-state index contributed by atoms with van der Waals surface area (Å²) in [7, 11) is 0. The molecule has 0 aliphatic heterocycles. The van der Waals surface area contributed by atoms with E-state index < -0.39 is 0 Å². The summed E-state index contributed by atoms with van der Waals surface area (Å²) in [6.07, 6.45) is 4.40. The van der Waals surface area contributed by atoms with E-state index in [9.17, 15) is 4.79 Å². The van der Waals surface area contributed by atoms with Gasteiger partial charge in [0.1, 0.15) is 6.10 Å². The molecule has 1 saturated carbocycles. The van der Waals surface area contributed by atoms with Gasteiger partial charge < -0.3 is 10.5 Å². The van der Waals surface area contributed by atoms with Crippen LogP contribution in [0.25, 0.3) is 0 Å². The molecule has 1 fully saturated rings. The van der Waals surface area contributed by atoms with E-state index in [-0.39, 0.29) is 18.0 Å². The van der Waals surface area contributed by atoms with Crippen LogP contribution in [0.1, 0.15) is 46.5 Å². The Morgan fingerprint density at radius 2 is 2.00 bits per heavy atom. The predicted octanol–water partition coefficient (Wildman–Crippen LogP) is 2.09. The number of nitrogens with two attached hydrogens (primary N) is 1. The standard InChI is InChI=1S/C12H23NO2/c1-9(8-13)11(14)15-10-4-6-12(2,3)7-5-10/h9-10H,4-8,13H2,1-3H3. The van der Waals surface area contributed by atoms with E-state index in [1.54, 1.807) is 0 Å². The molecule has 1 atom stereocenters. The van der Waals surface area contributed by atoms with E-state index in [1.165, 1.54) is 0 Å². The number of hydrogen-bond acceptors (Lipinski definition) is 3. The summed E-state index contributed by atoms with van der Waals surface area (Å²) in [6, 6.07) is 0. The third kappa shape index (κ3) is 3.82. The molecule has 15 heavy (non-hydrogen) atoms. The highest BCUT2D eigenvalue weighted by Crippen LogP contribution is 2.36. The average Bonchev–Trinajstić information content (AvgIpc) is 2.20. The van der Waals surface area contributed by atoms with Gasteiger partial charge in [0.05, 0.1) is 5.92 Å². The Bertz CT molecular complexity index is 216. The Hall–Kier alpha value is -0.570. The van der Waals surface area contributed by atoms with Crippen LogP contribution < -0.4 is 5.73 Å². The molecule has 88 valence electrons. The van der Waals surface area contributed by atoms with Crippen LogP contribution >= 0.6 is 0 Å². The molecule has 1 aliphatic rings. The zero-order chi connectivity index (χ0) is 11.5. The lowest BCUT2D eigenvalue weighted by Crippen LogP contribution is -2.31. The van der Waals surface area contributed by atoms with Crippen LogP contribution in [0, 0.1) is 11.3 Å². The van der Waals surface area contributed by atoms with Gasteiger partial charge in [0.2, 0.25) is 0 Å². The highest BCUT2D eigenvalue weighted by molar-refractivity contribution is 5.72. The predicted molar refractivity (Wildman–Crippen MR) is 60.3 cm³/mol. The van der Waals surface area contributed by atoms with Crippen LogP contribution in [-0.2, 0) is 9.53 Å². The zero-order valence-electron chi connectivity index (χ0n) is 10.1. The molecule has 0 saturated heterocycles. The molecule has 0 radical (unpaired) electrons. The highest BCUT2D eigenvalue weighted by Gasteiger charge is 2.29. The van der Waals surface area contributed by atoms with E-state index in [2.05, 4.69) is 13.8 Å². The van der Waals surface area contributed by atoms with Gasteiger partial charge in [0, 0.05) is 6.54 Å². The average molecular weight is 213 g/mol. The molecule has 0 aromatic carbocycles. The molecule has 1 unspecified atom stereocenters. The van der Waals surface area contributed by atoms with Crippen molar-refractivity contribution >= 4 is 5.97 Å². The number of rotatable bonds is 3. The maximum absolute atomic E-state index is 11.5. The van der Waals surface area contributed by atoms with E-state index in [0.29, 0.717) is 12.0 Å². The van der Waals surface area contributed by atoms with E-state index in [4.69, 9.17) is 10.5 Å². The Kier molecular flexibility index (Phi) is 4.14. The topological polar surface area (TPSA) is 52.3 Å².